The van der Waals surface area contributed by atoms with Crippen LogP contribution in [0.5, 0.6) is 0 Å². The van der Waals surface area contributed by atoms with Gasteiger partial charge in [0.25, 0.3) is 0 Å². The molecule has 2 heteroatoms. The first-order valence-corrected chi connectivity index (χ1v) is 6.70. The lowest BCUT2D eigenvalue weighted by Gasteiger charge is -2.11. The fraction of sp³-hybridized carbons (Fsp3) is 0.235. The quantitative estimate of drug-likeness (QED) is 0.741. The molecule has 1 nitrogen and oxygen atoms in total. The lowest BCUT2D eigenvalue weighted by molar-refractivity contribution is 0.0992. The number of Topliss-reactive ketones (excluding diaryl/α,β-unsaturated/α-hetero) is 1. The molecule has 0 aliphatic heterocycles. The Hall–Kier alpha value is -1.60. The number of hydrogen-bond donors (Lipinski definition) is 0. The highest BCUT2D eigenvalue weighted by atomic mass is 35.5. The van der Waals surface area contributed by atoms with Gasteiger partial charge in [-0.3, -0.25) is 4.79 Å². The number of ketones is 1. The molecular weight excluding hydrogens is 256 g/mol. The first-order chi connectivity index (χ1) is 8.97. The van der Waals surface area contributed by atoms with Crippen molar-refractivity contribution in [2.24, 2.45) is 0 Å². The molecule has 0 amide bonds. The summed E-state index contributed by atoms with van der Waals surface area (Å²) in [6, 6.07) is 11.4. The van der Waals surface area contributed by atoms with E-state index in [9.17, 15) is 4.79 Å². The molecule has 0 fully saturated rings. The van der Waals surface area contributed by atoms with E-state index in [-0.39, 0.29) is 5.78 Å². The molecule has 0 heterocycles. The Morgan fingerprint density at radius 2 is 1.68 bits per heavy atom. The number of aryl methyl sites for hydroxylation is 3. The standard InChI is InChI=1S/C17H17ClO/c1-11-7-12(2)16(13(3)8-11)10-17(19)14-5-4-6-15(18)9-14/h4-9H,10H2,1-3H3. The third kappa shape index (κ3) is 3.24. The molecule has 2 aromatic rings. The lowest BCUT2D eigenvalue weighted by Crippen LogP contribution is -2.06. The Kier molecular flexibility index (Phi) is 4.06. The second-order valence-corrected chi connectivity index (χ2v) is 5.42. The van der Waals surface area contributed by atoms with Crippen molar-refractivity contribution >= 4 is 17.4 Å². The predicted molar refractivity (Wildman–Crippen MR) is 80.1 cm³/mol. The topological polar surface area (TPSA) is 17.1 Å². The normalized spacial score (nSPS) is 10.5. The summed E-state index contributed by atoms with van der Waals surface area (Å²) in [4.78, 5) is 12.3. The van der Waals surface area contributed by atoms with Crippen LogP contribution in [0, 0.1) is 20.8 Å². The Morgan fingerprint density at radius 1 is 1.05 bits per heavy atom. The van der Waals surface area contributed by atoms with Gasteiger partial charge in [0, 0.05) is 17.0 Å². The van der Waals surface area contributed by atoms with Crippen LogP contribution in [0.3, 0.4) is 0 Å². The fourth-order valence-corrected chi connectivity index (χ4v) is 2.60. The number of hydrogen-bond acceptors (Lipinski definition) is 1. The van der Waals surface area contributed by atoms with Gasteiger partial charge in [-0.15, -0.1) is 0 Å². The second kappa shape index (κ2) is 5.58. The van der Waals surface area contributed by atoms with Crippen molar-refractivity contribution in [3.05, 3.63) is 69.2 Å². The van der Waals surface area contributed by atoms with E-state index >= 15 is 0 Å². The zero-order valence-electron chi connectivity index (χ0n) is 11.5. The second-order valence-electron chi connectivity index (χ2n) is 4.99. The van der Waals surface area contributed by atoms with Gasteiger partial charge in [0.15, 0.2) is 5.78 Å². The van der Waals surface area contributed by atoms with Crippen LogP contribution in [0.15, 0.2) is 36.4 Å². The zero-order chi connectivity index (χ0) is 14.0. The molecule has 0 atom stereocenters. The highest BCUT2D eigenvalue weighted by molar-refractivity contribution is 6.31. The van der Waals surface area contributed by atoms with Crippen molar-refractivity contribution in [3.8, 4) is 0 Å². The first-order valence-electron chi connectivity index (χ1n) is 6.33. The average Bonchev–Trinajstić information content (AvgIpc) is 2.33. The Morgan fingerprint density at radius 3 is 2.26 bits per heavy atom. The number of benzene rings is 2. The maximum Gasteiger partial charge on any atom is 0.167 e. The number of halogens is 1. The van der Waals surface area contributed by atoms with Crippen molar-refractivity contribution in [3.63, 3.8) is 0 Å². The summed E-state index contributed by atoms with van der Waals surface area (Å²) in [7, 11) is 0. The highest BCUT2D eigenvalue weighted by Gasteiger charge is 2.11. The van der Waals surface area contributed by atoms with E-state index in [4.69, 9.17) is 11.6 Å². The van der Waals surface area contributed by atoms with E-state index in [1.54, 1.807) is 12.1 Å². The monoisotopic (exact) mass is 272 g/mol. The van der Waals surface area contributed by atoms with Gasteiger partial charge in [0.1, 0.15) is 0 Å². The van der Waals surface area contributed by atoms with Gasteiger partial charge in [0.05, 0.1) is 0 Å². The van der Waals surface area contributed by atoms with E-state index in [2.05, 4.69) is 32.9 Å². The number of carbonyl (C=O) groups excluding carboxylic acids is 1. The summed E-state index contributed by atoms with van der Waals surface area (Å²) in [5, 5.41) is 0.600. The maximum atomic E-state index is 12.3. The summed E-state index contributed by atoms with van der Waals surface area (Å²) >= 11 is 5.92. The van der Waals surface area contributed by atoms with E-state index in [0.717, 1.165) is 5.56 Å². The molecule has 0 unspecified atom stereocenters. The van der Waals surface area contributed by atoms with E-state index in [1.807, 2.05) is 12.1 Å². The molecule has 0 saturated carbocycles. The molecule has 2 rings (SSSR count). The molecule has 98 valence electrons. The molecule has 0 radical (unpaired) electrons. The Labute approximate surface area is 119 Å². The van der Waals surface area contributed by atoms with Crippen molar-refractivity contribution in [1.29, 1.82) is 0 Å². The molecular formula is C17H17ClO. The van der Waals surface area contributed by atoms with Crippen LogP contribution in [0.1, 0.15) is 32.6 Å². The molecule has 0 aromatic heterocycles. The first kappa shape index (κ1) is 13.8. The smallest absolute Gasteiger partial charge is 0.167 e. The summed E-state index contributed by atoms with van der Waals surface area (Å²) in [6.45, 7) is 6.18. The van der Waals surface area contributed by atoms with Gasteiger partial charge in [-0.05, 0) is 49.6 Å². The van der Waals surface area contributed by atoms with Crippen LogP contribution in [0.4, 0.5) is 0 Å². The third-order valence-corrected chi connectivity index (χ3v) is 3.56. The van der Waals surface area contributed by atoms with Crippen molar-refractivity contribution in [2.75, 3.05) is 0 Å². The van der Waals surface area contributed by atoms with Gasteiger partial charge in [-0.2, -0.15) is 0 Å². The van der Waals surface area contributed by atoms with Crippen LogP contribution in [-0.2, 0) is 6.42 Å². The van der Waals surface area contributed by atoms with Gasteiger partial charge in [-0.25, -0.2) is 0 Å². The Bertz CT molecular complexity index is 606. The maximum absolute atomic E-state index is 12.3. The third-order valence-electron chi connectivity index (χ3n) is 3.32. The van der Waals surface area contributed by atoms with Gasteiger partial charge in [-0.1, -0.05) is 41.4 Å². The summed E-state index contributed by atoms with van der Waals surface area (Å²) < 4.78 is 0. The molecule has 0 aliphatic rings. The van der Waals surface area contributed by atoms with Crippen molar-refractivity contribution in [1.82, 2.24) is 0 Å². The van der Waals surface area contributed by atoms with Crippen LogP contribution >= 0.6 is 11.6 Å². The minimum Gasteiger partial charge on any atom is -0.294 e. The fourth-order valence-electron chi connectivity index (χ4n) is 2.41. The lowest BCUT2D eigenvalue weighted by atomic mass is 9.94. The minimum absolute atomic E-state index is 0.109. The molecule has 0 spiro atoms. The largest absolute Gasteiger partial charge is 0.294 e. The van der Waals surface area contributed by atoms with Gasteiger partial charge in [0.2, 0.25) is 0 Å². The number of rotatable bonds is 3. The van der Waals surface area contributed by atoms with Crippen LogP contribution in [0.2, 0.25) is 5.02 Å². The van der Waals surface area contributed by atoms with E-state index < -0.39 is 0 Å². The number of carbonyl (C=O) groups is 1. The van der Waals surface area contributed by atoms with Gasteiger partial charge < -0.3 is 0 Å². The average molecular weight is 273 g/mol. The van der Waals surface area contributed by atoms with Gasteiger partial charge >= 0.3 is 0 Å². The van der Waals surface area contributed by atoms with E-state index in [0.29, 0.717) is 17.0 Å². The summed E-state index contributed by atoms with van der Waals surface area (Å²) in [6.07, 6.45) is 0.429. The van der Waals surface area contributed by atoms with Crippen molar-refractivity contribution < 1.29 is 4.79 Å². The van der Waals surface area contributed by atoms with Crippen molar-refractivity contribution in [2.45, 2.75) is 27.2 Å². The van der Waals surface area contributed by atoms with Crippen LogP contribution < -0.4 is 0 Å². The summed E-state index contributed by atoms with van der Waals surface area (Å²) in [5.74, 6) is 0.109. The van der Waals surface area contributed by atoms with Crippen LogP contribution in [-0.4, -0.2) is 5.78 Å². The summed E-state index contributed by atoms with van der Waals surface area (Å²) in [5.41, 5.74) is 5.37. The van der Waals surface area contributed by atoms with Crippen LogP contribution in [0.25, 0.3) is 0 Å². The molecule has 0 bridgehead atoms. The van der Waals surface area contributed by atoms with E-state index in [1.165, 1.54) is 16.7 Å². The predicted octanol–water partition coefficient (Wildman–Crippen LogP) is 4.69. The Balaban J connectivity index is 2.29. The molecule has 2 aromatic carbocycles. The minimum atomic E-state index is 0.109. The zero-order valence-corrected chi connectivity index (χ0v) is 12.2. The highest BCUT2D eigenvalue weighted by Crippen LogP contribution is 2.19. The molecule has 0 aliphatic carbocycles. The SMILES string of the molecule is Cc1cc(C)c(CC(=O)c2cccc(Cl)c2)c(C)c1. The molecule has 19 heavy (non-hydrogen) atoms. The molecule has 0 N–H and O–H groups in total. The molecule has 0 saturated heterocycles.